The summed E-state index contributed by atoms with van der Waals surface area (Å²) in [5, 5.41) is 9.39. The number of nitrogens with two attached hydrogens (primary N) is 1. The zero-order valence-electron chi connectivity index (χ0n) is 23.2. The highest BCUT2D eigenvalue weighted by molar-refractivity contribution is 5.47. The van der Waals surface area contributed by atoms with Crippen molar-refractivity contribution >= 4 is 0 Å². The molecule has 0 saturated heterocycles. The highest BCUT2D eigenvalue weighted by atomic mass is 15.0. The van der Waals surface area contributed by atoms with Gasteiger partial charge in [-0.3, -0.25) is 0 Å². The van der Waals surface area contributed by atoms with Gasteiger partial charge in [-0.05, 0) is 76.9 Å². The molecule has 0 fully saturated rings. The van der Waals surface area contributed by atoms with Crippen LogP contribution in [0.4, 0.5) is 0 Å². The molecule has 0 radical (unpaired) electrons. The van der Waals surface area contributed by atoms with E-state index < -0.39 is 0 Å². The third kappa shape index (κ3) is 6.25. The van der Waals surface area contributed by atoms with Crippen LogP contribution in [0.25, 0.3) is 0 Å². The summed E-state index contributed by atoms with van der Waals surface area (Å²) in [6.45, 7) is 12.7. The molecule has 0 aromatic heterocycles. The van der Waals surface area contributed by atoms with E-state index >= 15 is 0 Å². The normalized spacial score (nSPS) is 12.7. The van der Waals surface area contributed by atoms with Gasteiger partial charge in [0.1, 0.15) is 0 Å². The maximum absolute atomic E-state index is 9.39. The van der Waals surface area contributed by atoms with Gasteiger partial charge in [-0.1, -0.05) is 95.3 Å². The minimum Gasteiger partial charge on any atom is -0.326 e. The van der Waals surface area contributed by atoms with E-state index in [1.165, 1.54) is 38.9 Å². The van der Waals surface area contributed by atoms with Crippen molar-refractivity contribution in [3.8, 4) is 6.07 Å². The largest absolute Gasteiger partial charge is 0.326 e. The SMILES string of the molecule is CC(C)c1ccc(C(C)(C)c2ccc(CC(C)c3ccccc3CN(C)C)cc2CN)cc1CC#N. The Hall–Kier alpha value is -2.93. The van der Waals surface area contributed by atoms with Crippen LogP contribution in [0.2, 0.25) is 0 Å². The molecule has 3 aromatic carbocycles. The second kappa shape index (κ2) is 11.9. The van der Waals surface area contributed by atoms with Crippen molar-refractivity contribution in [1.82, 2.24) is 4.90 Å². The van der Waals surface area contributed by atoms with Crippen molar-refractivity contribution in [2.24, 2.45) is 5.73 Å². The smallest absolute Gasteiger partial charge is 0.0669 e. The fourth-order valence-electron chi connectivity index (χ4n) is 5.47. The van der Waals surface area contributed by atoms with Crippen LogP contribution in [0.3, 0.4) is 0 Å². The molecule has 0 aliphatic heterocycles. The van der Waals surface area contributed by atoms with Crippen LogP contribution in [0.5, 0.6) is 0 Å². The molecule has 0 amide bonds. The molecule has 36 heavy (non-hydrogen) atoms. The van der Waals surface area contributed by atoms with E-state index in [4.69, 9.17) is 5.73 Å². The molecule has 190 valence electrons. The predicted octanol–water partition coefficient (Wildman–Crippen LogP) is 7.07. The summed E-state index contributed by atoms with van der Waals surface area (Å²) in [6, 6.07) is 24.7. The van der Waals surface area contributed by atoms with E-state index in [0.717, 1.165) is 18.5 Å². The second-order valence-electron chi connectivity index (χ2n) is 11.3. The van der Waals surface area contributed by atoms with Gasteiger partial charge in [0.25, 0.3) is 0 Å². The Morgan fingerprint density at radius 3 is 2.25 bits per heavy atom. The van der Waals surface area contributed by atoms with Crippen molar-refractivity contribution in [2.45, 2.75) is 77.8 Å². The maximum Gasteiger partial charge on any atom is 0.0669 e. The number of nitrogens with zero attached hydrogens (tertiary/aromatic N) is 2. The Kier molecular flexibility index (Phi) is 9.12. The monoisotopic (exact) mass is 481 g/mol. The molecule has 0 aliphatic carbocycles. The van der Waals surface area contributed by atoms with E-state index in [0.29, 0.717) is 24.8 Å². The van der Waals surface area contributed by atoms with Crippen LogP contribution in [-0.4, -0.2) is 19.0 Å². The first-order valence-corrected chi connectivity index (χ1v) is 13.1. The Balaban J connectivity index is 1.93. The van der Waals surface area contributed by atoms with Crippen molar-refractivity contribution in [3.05, 3.63) is 105 Å². The summed E-state index contributed by atoms with van der Waals surface area (Å²) in [6.07, 6.45) is 1.42. The molecule has 0 heterocycles. The minimum absolute atomic E-state index is 0.211. The molecule has 3 nitrogen and oxygen atoms in total. The molecule has 1 unspecified atom stereocenters. The minimum atomic E-state index is -0.211. The zero-order chi connectivity index (χ0) is 26.5. The molecule has 0 aliphatic rings. The molecule has 0 saturated carbocycles. The van der Waals surface area contributed by atoms with Crippen LogP contribution >= 0.6 is 0 Å². The van der Waals surface area contributed by atoms with Gasteiger partial charge >= 0.3 is 0 Å². The first-order chi connectivity index (χ1) is 17.1. The van der Waals surface area contributed by atoms with Crippen LogP contribution in [-0.2, 0) is 31.3 Å². The quantitative estimate of drug-likeness (QED) is 0.337. The van der Waals surface area contributed by atoms with E-state index in [2.05, 4.69) is 120 Å². The number of rotatable bonds is 10. The Bertz CT molecular complexity index is 1210. The van der Waals surface area contributed by atoms with Gasteiger partial charge in [0.05, 0.1) is 12.5 Å². The molecule has 3 aromatic rings. The topological polar surface area (TPSA) is 53.0 Å². The lowest BCUT2D eigenvalue weighted by Gasteiger charge is -2.30. The summed E-state index contributed by atoms with van der Waals surface area (Å²) in [5.41, 5.74) is 16.3. The average molecular weight is 482 g/mol. The van der Waals surface area contributed by atoms with Crippen molar-refractivity contribution in [3.63, 3.8) is 0 Å². The summed E-state index contributed by atoms with van der Waals surface area (Å²) >= 11 is 0. The van der Waals surface area contributed by atoms with Gasteiger partial charge in [-0.2, -0.15) is 5.26 Å². The molecule has 1 atom stereocenters. The van der Waals surface area contributed by atoms with E-state index in [9.17, 15) is 5.26 Å². The molecule has 3 heteroatoms. The van der Waals surface area contributed by atoms with Gasteiger partial charge in [0.2, 0.25) is 0 Å². The Labute approximate surface area is 219 Å². The first-order valence-electron chi connectivity index (χ1n) is 13.1. The lowest BCUT2D eigenvalue weighted by molar-refractivity contribution is 0.400. The van der Waals surface area contributed by atoms with Crippen molar-refractivity contribution < 1.29 is 0 Å². The second-order valence-corrected chi connectivity index (χ2v) is 11.3. The third-order valence-electron chi connectivity index (χ3n) is 7.43. The van der Waals surface area contributed by atoms with E-state index in [-0.39, 0.29) is 5.41 Å². The molecule has 0 spiro atoms. The third-order valence-corrected chi connectivity index (χ3v) is 7.43. The van der Waals surface area contributed by atoms with Crippen molar-refractivity contribution in [2.75, 3.05) is 14.1 Å². The van der Waals surface area contributed by atoms with Crippen molar-refractivity contribution in [1.29, 1.82) is 5.26 Å². The predicted molar refractivity (Wildman–Crippen MR) is 152 cm³/mol. The van der Waals surface area contributed by atoms with Gasteiger partial charge in [0.15, 0.2) is 0 Å². The fraction of sp³-hybridized carbons (Fsp3) is 0.424. The lowest BCUT2D eigenvalue weighted by Crippen LogP contribution is -2.23. The maximum atomic E-state index is 9.39. The average Bonchev–Trinajstić information content (AvgIpc) is 2.83. The van der Waals surface area contributed by atoms with Crippen LogP contribution < -0.4 is 5.73 Å². The van der Waals surface area contributed by atoms with Crippen LogP contribution in [0.15, 0.2) is 60.7 Å². The van der Waals surface area contributed by atoms with Gasteiger partial charge < -0.3 is 10.6 Å². The highest BCUT2D eigenvalue weighted by Gasteiger charge is 2.27. The number of hydrogen-bond donors (Lipinski definition) is 1. The molecule has 2 N–H and O–H groups in total. The number of nitriles is 1. The molecule has 3 rings (SSSR count). The van der Waals surface area contributed by atoms with E-state index in [1.54, 1.807) is 0 Å². The zero-order valence-corrected chi connectivity index (χ0v) is 23.2. The summed E-state index contributed by atoms with van der Waals surface area (Å²) in [5.74, 6) is 0.817. The van der Waals surface area contributed by atoms with Crippen LogP contribution in [0, 0.1) is 11.3 Å². The molecular formula is C33H43N3. The van der Waals surface area contributed by atoms with Crippen LogP contribution in [0.1, 0.15) is 91.0 Å². The summed E-state index contributed by atoms with van der Waals surface area (Å²) < 4.78 is 0. The fourth-order valence-corrected chi connectivity index (χ4v) is 5.47. The standard InChI is InChI=1S/C33H43N3/c1-23(2)30-14-13-29(20-26(30)16-17-34)33(4,5)32-15-12-25(19-28(32)21-35)18-24(3)31-11-9-8-10-27(31)22-36(6)7/h8-15,19-20,23-24H,16,18,21-22,35H2,1-7H3. The number of hydrogen-bond acceptors (Lipinski definition) is 3. The molecular weight excluding hydrogens is 438 g/mol. The lowest BCUT2D eigenvalue weighted by atomic mass is 9.74. The number of benzene rings is 3. The summed E-state index contributed by atoms with van der Waals surface area (Å²) in [7, 11) is 4.24. The first kappa shape index (κ1) is 27.7. The van der Waals surface area contributed by atoms with Gasteiger partial charge in [-0.25, -0.2) is 0 Å². The Morgan fingerprint density at radius 1 is 0.889 bits per heavy atom. The summed E-state index contributed by atoms with van der Waals surface area (Å²) in [4.78, 5) is 2.23. The molecule has 0 bridgehead atoms. The van der Waals surface area contributed by atoms with Gasteiger partial charge in [-0.15, -0.1) is 0 Å². The van der Waals surface area contributed by atoms with E-state index in [1.807, 2.05) is 0 Å². The van der Waals surface area contributed by atoms with Gasteiger partial charge in [0, 0.05) is 18.5 Å². The Morgan fingerprint density at radius 2 is 1.61 bits per heavy atom. The highest BCUT2D eigenvalue weighted by Crippen LogP contribution is 2.37.